The summed E-state index contributed by atoms with van der Waals surface area (Å²) in [5, 5.41) is 34.8. The molecule has 0 aliphatic rings. The molecule has 0 aromatic rings. The number of aliphatic hydroxyl groups excluding tert-OH is 1. The summed E-state index contributed by atoms with van der Waals surface area (Å²) >= 11 is 0. The van der Waals surface area contributed by atoms with Crippen molar-refractivity contribution in [3.05, 3.63) is 12.7 Å². The van der Waals surface area contributed by atoms with Crippen molar-refractivity contribution >= 4 is 11.9 Å². The molecule has 0 aliphatic carbocycles. The summed E-state index contributed by atoms with van der Waals surface area (Å²) in [6, 6.07) is 0. The summed E-state index contributed by atoms with van der Waals surface area (Å²) in [6.07, 6.45) is -1.90. The molecule has 0 saturated heterocycles. The van der Waals surface area contributed by atoms with Crippen LogP contribution in [0, 0.1) is 0 Å². The van der Waals surface area contributed by atoms with Gasteiger partial charge in [0, 0.05) is 6.42 Å². The molecule has 0 radical (unpaired) electrons. The van der Waals surface area contributed by atoms with Crippen molar-refractivity contribution < 1.29 is 30.0 Å². The fourth-order valence-corrected chi connectivity index (χ4v) is 0.740. The standard InChI is InChI=1S/C7H10O6/c1-2-3-7(13,6(11)12)4(8)5(9)10/h2,4,8,13H,1,3H2,(H,9,10)(H,11,12). The zero-order chi connectivity index (χ0) is 10.6. The first-order valence-corrected chi connectivity index (χ1v) is 3.33. The van der Waals surface area contributed by atoms with E-state index in [2.05, 4.69) is 6.58 Å². The molecule has 0 bridgehead atoms. The topological polar surface area (TPSA) is 115 Å². The third kappa shape index (κ3) is 2.27. The third-order valence-electron chi connectivity index (χ3n) is 1.51. The number of carboxylic acids is 2. The van der Waals surface area contributed by atoms with Crippen LogP contribution in [-0.2, 0) is 9.59 Å². The van der Waals surface area contributed by atoms with Gasteiger partial charge in [-0.05, 0) is 0 Å². The minimum Gasteiger partial charge on any atom is -0.479 e. The third-order valence-corrected chi connectivity index (χ3v) is 1.51. The second-order valence-corrected chi connectivity index (χ2v) is 2.46. The van der Waals surface area contributed by atoms with E-state index in [1.54, 1.807) is 0 Å². The zero-order valence-electron chi connectivity index (χ0n) is 6.67. The first-order chi connectivity index (χ1) is 5.86. The number of hydrogen-bond donors (Lipinski definition) is 4. The second kappa shape index (κ2) is 4.01. The molecule has 2 atom stereocenters. The normalized spacial score (nSPS) is 17.1. The van der Waals surface area contributed by atoms with Crippen LogP contribution >= 0.6 is 0 Å². The second-order valence-electron chi connectivity index (χ2n) is 2.46. The van der Waals surface area contributed by atoms with Gasteiger partial charge in [-0.15, -0.1) is 6.58 Å². The van der Waals surface area contributed by atoms with Crippen molar-refractivity contribution in [2.24, 2.45) is 0 Å². The molecule has 4 N–H and O–H groups in total. The van der Waals surface area contributed by atoms with Crippen molar-refractivity contribution in [1.82, 2.24) is 0 Å². The van der Waals surface area contributed by atoms with E-state index in [1.807, 2.05) is 0 Å². The maximum absolute atomic E-state index is 10.4. The molecule has 0 spiro atoms. The highest BCUT2D eigenvalue weighted by Crippen LogP contribution is 2.17. The fourth-order valence-electron chi connectivity index (χ4n) is 0.740. The number of rotatable bonds is 5. The number of aliphatic hydroxyl groups is 2. The van der Waals surface area contributed by atoms with Crippen LogP contribution < -0.4 is 0 Å². The average Bonchev–Trinajstić information content (AvgIpc) is 2.02. The van der Waals surface area contributed by atoms with Gasteiger partial charge in [0.2, 0.25) is 5.60 Å². The van der Waals surface area contributed by atoms with Gasteiger partial charge in [0.05, 0.1) is 0 Å². The highest BCUT2D eigenvalue weighted by molar-refractivity contribution is 5.87. The quantitative estimate of drug-likeness (QED) is 0.406. The monoisotopic (exact) mass is 190 g/mol. The molecular formula is C7H10O6. The SMILES string of the molecule is C=CCC(O)(C(=O)O)C(O)C(=O)O. The molecule has 6 nitrogen and oxygen atoms in total. The molecule has 0 aliphatic heterocycles. The van der Waals surface area contributed by atoms with Crippen molar-refractivity contribution in [1.29, 1.82) is 0 Å². The summed E-state index contributed by atoms with van der Waals surface area (Å²) in [7, 11) is 0. The van der Waals surface area contributed by atoms with E-state index in [0.29, 0.717) is 0 Å². The van der Waals surface area contributed by atoms with Crippen LogP contribution in [0.4, 0.5) is 0 Å². The zero-order valence-corrected chi connectivity index (χ0v) is 6.67. The van der Waals surface area contributed by atoms with E-state index in [1.165, 1.54) is 0 Å². The molecule has 0 heterocycles. The van der Waals surface area contributed by atoms with Gasteiger partial charge in [-0.1, -0.05) is 6.08 Å². The molecule has 0 aromatic heterocycles. The lowest BCUT2D eigenvalue weighted by Gasteiger charge is -2.24. The van der Waals surface area contributed by atoms with Gasteiger partial charge < -0.3 is 20.4 Å². The molecule has 13 heavy (non-hydrogen) atoms. The minimum atomic E-state index is -2.71. The number of carboxylic acid groups (broad SMARTS) is 2. The van der Waals surface area contributed by atoms with Crippen LogP contribution in [0.15, 0.2) is 12.7 Å². The molecule has 6 heteroatoms. The van der Waals surface area contributed by atoms with Crippen LogP contribution in [0.2, 0.25) is 0 Å². The van der Waals surface area contributed by atoms with Crippen LogP contribution in [-0.4, -0.2) is 44.1 Å². The Bertz CT molecular complexity index is 235. The summed E-state index contributed by atoms with van der Waals surface area (Å²) in [5.74, 6) is -3.60. The minimum absolute atomic E-state index is 0.546. The van der Waals surface area contributed by atoms with E-state index in [0.717, 1.165) is 6.08 Å². The van der Waals surface area contributed by atoms with E-state index in [-0.39, 0.29) is 0 Å². The number of hydrogen-bond acceptors (Lipinski definition) is 4. The van der Waals surface area contributed by atoms with Crippen LogP contribution in [0.1, 0.15) is 6.42 Å². The van der Waals surface area contributed by atoms with Crippen molar-refractivity contribution in [3.8, 4) is 0 Å². The lowest BCUT2D eigenvalue weighted by Crippen LogP contribution is -2.52. The summed E-state index contributed by atoms with van der Waals surface area (Å²) in [6.45, 7) is 3.14. The van der Waals surface area contributed by atoms with Crippen molar-refractivity contribution in [2.45, 2.75) is 18.1 Å². The van der Waals surface area contributed by atoms with E-state index < -0.39 is 30.1 Å². The molecule has 0 amide bonds. The first-order valence-electron chi connectivity index (χ1n) is 3.33. The average molecular weight is 190 g/mol. The van der Waals surface area contributed by atoms with E-state index in [9.17, 15) is 14.7 Å². The molecule has 74 valence electrons. The lowest BCUT2D eigenvalue weighted by molar-refractivity contribution is -0.182. The predicted molar refractivity (Wildman–Crippen MR) is 41.0 cm³/mol. The molecule has 0 fully saturated rings. The molecule has 2 unspecified atom stereocenters. The van der Waals surface area contributed by atoms with Crippen LogP contribution in [0.25, 0.3) is 0 Å². The van der Waals surface area contributed by atoms with Gasteiger partial charge in [0.25, 0.3) is 0 Å². The predicted octanol–water partition coefficient (Wildman–Crippen LogP) is -1.18. The smallest absolute Gasteiger partial charge is 0.339 e. The van der Waals surface area contributed by atoms with E-state index in [4.69, 9.17) is 15.3 Å². The molecule has 0 saturated carbocycles. The van der Waals surface area contributed by atoms with Crippen molar-refractivity contribution in [2.75, 3.05) is 0 Å². The Hall–Kier alpha value is -1.40. The fraction of sp³-hybridized carbons (Fsp3) is 0.429. The molecule has 0 aromatic carbocycles. The first kappa shape index (κ1) is 11.6. The summed E-state index contributed by atoms with van der Waals surface area (Å²) in [5.41, 5.74) is -2.71. The van der Waals surface area contributed by atoms with Crippen molar-refractivity contribution in [3.63, 3.8) is 0 Å². The van der Waals surface area contributed by atoms with Gasteiger partial charge in [0.15, 0.2) is 6.10 Å². The molecular weight excluding hydrogens is 180 g/mol. The Kier molecular flexibility index (Phi) is 3.58. The largest absolute Gasteiger partial charge is 0.479 e. The van der Waals surface area contributed by atoms with Gasteiger partial charge in [0.1, 0.15) is 0 Å². The molecule has 0 rings (SSSR count). The number of carbonyl (C=O) groups is 2. The maximum Gasteiger partial charge on any atom is 0.339 e. The Balaban J connectivity index is 4.87. The Morgan fingerprint density at radius 3 is 2.15 bits per heavy atom. The highest BCUT2D eigenvalue weighted by Gasteiger charge is 2.46. The Labute approximate surface area is 73.7 Å². The van der Waals surface area contributed by atoms with Gasteiger partial charge in [-0.3, -0.25) is 0 Å². The number of aliphatic carboxylic acids is 2. The van der Waals surface area contributed by atoms with Crippen LogP contribution in [0.5, 0.6) is 0 Å². The van der Waals surface area contributed by atoms with E-state index >= 15 is 0 Å². The maximum atomic E-state index is 10.4. The van der Waals surface area contributed by atoms with Gasteiger partial charge in [-0.25, -0.2) is 9.59 Å². The van der Waals surface area contributed by atoms with Gasteiger partial charge >= 0.3 is 11.9 Å². The highest BCUT2D eigenvalue weighted by atomic mass is 16.4. The summed E-state index contributed by atoms with van der Waals surface area (Å²) in [4.78, 5) is 20.7. The Morgan fingerprint density at radius 2 is 1.92 bits per heavy atom. The van der Waals surface area contributed by atoms with Gasteiger partial charge in [-0.2, -0.15) is 0 Å². The summed E-state index contributed by atoms with van der Waals surface area (Å²) < 4.78 is 0. The lowest BCUT2D eigenvalue weighted by atomic mass is 9.93. The Morgan fingerprint density at radius 1 is 1.46 bits per heavy atom. The van der Waals surface area contributed by atoms with Crippen LogP contribution in [0.3, 0.4) is 0 Å².